The molecule has 5 atom stereocenters. The zero-order valence-corrected chi connectivity index (χ0v) is 6.87. The molecule has 1 rings (SSSR count). The smallest absolute Gasteiger partial charge is 0.173 e. The molecule has 1 aliphatic heterocycles. The van der Waals surface area contributed by atoms with Gasteiger partial charge in [0.05, 0.1) is 12.6 Å². The minimum atomic E-state index is -1.35. The number of rotatable bonds is 1. The van der Waals surface area contributed by atoms with Crippen LogP contribution in [-0.4, -0.2) is 63.2 Å². The first-order chi connectivity index (χ1) is 5.57. The highest BCUT2D eigenvalue weighted by Gasteiger charge is 2.41. The Hall–Kier alpha value is -0.280. The van der Waals surface area contributed by atoms with Crippen LogP contribution in [0.25, 0.3) is 0 Å². The largest absolute Gasteiger partial charge is 0.412 e. The summed E-state index contributed by atoms with van der Waals surface area (Å²) < 4.78 is 4.70. The molecule has 13 heavy (non-hydrogen) atoms. The number of nitrogens with two attached hydrogens (primary N) is 1. The summed E-state index contributed by atoms with van der Waals surface area (Å²) in [5.74, 6) is 0. The SMILES string of the molecule is N[C@@H]1C(O)O[C@H](CO)[C@@H](O)[C@@H]1O.O. The standard InChI is InChI=1S/C6H13NO5.H2O/c7-3-5(10)4(9)2(1-8)12-6(3)11;/h2-6,8-11H,1,7H2;1H2/t2-,3+,4-,5-,6?;/m1./s1. The average Bonchev–Trinajstić information content (AvgIpc) is 2.08. The van der Waals surface area contributed by atoms with Crippen molar-refractivity contribution >= 4 is 0 Å². The highest BCUT2D eigenvalue weighted by Crippen LogP contribution is 2.17. The summed E-state index contributed by atoms with van der Waals surface area (Å²) in [6, 6.07) is -1.04. The van der Waals surface area contributed by atoms with E-state index in [1.165, 1.54) is 0 Å². The first kappa shape index (κ1) is 12.7. The number of hydrogen-bond donors (Lipinski definition) is 5. The van der Waals surface area contributed by atoms with Crippen LogP contribution in [0.3, 0.4) is 0 Å². The van der Waals surface area contributed by atoms with Gasteiger partial charge in [0.2, 0.25) is 0 Å². The number of aliphatic hydroxyl groups excluding tert-OH is 4. The van der Waals surface area contributed by atoms with E-state index < -0.39 is 37.3 Å². The van der Waals surface area contributed by atoms with Gasteiger partial charge in [-0.05, 0) is 0 Å². The van der Waals surface area contributed by atoms with Gasteiger partial charge in [-0.1, -0.05) is 0 Å². The van der Waals surface area contributed by atoms with Crippen LogP contribution >= 0.6 is 0 Å². The molecule has 0 spiro atoms. The second kappa shape index (κ2) is 4.82. The van der Waals surface area contributed by atoms with E-state index >= 15 is 0 Å². The van der Waals surface area contributed by atoms with Gasteiger partial charge in [-0.3, -0.25) is 0 Å². The average molecular weight is 197 g/mol. The molecular weight excluding hydrogens is 182 g/mol. The molecule has 1 saturated heterocycles. The molecule has 0 bridgehead atoms. The summed E-state index contributed by atoms with van der Waals surface area (Å²) >= 11 is 0. The predicted molar refractivity (Wildman–Crippen MR) is 41.6 cm³/mol. The predicted octanol–water partition coefficient (Wildman–Crippen LogP) is -4.08. The summed E-state index contributed by atoms with van der Waals surface area (Å²) in [6.07, 6.45) is -4.85. The molecular formula is C6H15NO6. The molecule has 7 heteroatoms. The van der Waals surface area contributed by atoms with Crippen molar-refractivity contribution in [2.75, 3.05) is 6.61 Å². The van der Waals surface area contributed by atoms with Crippen LogP contribution in [0.4, 0.5) is 0 Å². The first-order valence-electron chi connectivity index (χ1n) is 3.64. The zero-order valence-electron chi connectivity index (χ0n) is 6.87. The van der Waals surface area contributed by atoms with Crippen molar-refractivity contribution in [3.63, 3.8) is 0 Å². The third-order valence-corrected chi connectivity index (χ3v) is 1.95. The van der Waals surface area contributed by atoms with Gasteiger partial charge in [0.15, 0.2) is 6.29 Å². The van der Waals surface area contributed by atoms with Gasteiger partial charge in [-0.15, -0.1) is 0 Å². The van der Waals surface area contributed by atoms with Crippen molar-refractivity contribution in [2.45, 2.75) is 30.6 Å². The van der Waals surface area contributed by atoms with E-state index in [1.807, 2.05) is 0 Å². The molecule has 0 aromatic carbocycles. The second-order valence-electron chi connectivity index (χ2n) is 2.81. The summed E-state index contributed by atoms with van der Waals surface area (Å²) in [5, 5.41) is 36.1. The monoisotopic (exact) mass is 197 g/mol. The van der Waals surface area contributed by atoms with Crippen LogP contribution in [-0.2, 0) is 4.74 Å². The Bertz CT molecular complexity index is 151. The van der Waals surface area contributed by atoms with Gasteiger partial charge in [0.1, 0.15) is 18.3 Å². The molecule has 7 nitrogen and oxygen atoms in total. The molecule has 0 aliphatic carbocycles. The van der Waals surface area contributed by atoms with E-state index in [1.54, 1.807) is 0 Å². The van der Waals surface area contributed by atoms with E-state index in [-0.39, 0.29) is 5.48 Å². The van der Waals surface area contributed by atoms with Crippen molar-refractivity contribution in [1.82, 2.24) is 0 Å². The van der Waals surface area contributed by atoms with Gasteiger partial charge in [-0.2, -0.15) is 0 Å². The fourth-order valence-electron chi connectivity index (χ4n) is 1.12. The van der Waals surface area contributed by atoms with Crippen LogP contribution in [0.15, 0.2) is 0 Å². The van der Waals surface area contributed by atoms with Crippen molar-refractivity contribution in [3.8, 4) is 0 Å². The molecule has 0 saturated carbocycles. The quantitative estimate of drug-likeness (QED) is 0.288. The van der Waals surface area contributed by atoms with Crippen LogP contribution in [0.5, 0.6) is 0 Å². The number of ether oxygens (including phenoxy) is 1. The maximum Gasteiger partial charge on any atom is 0.173 e. The van der Waals surface area contributed by atoms with Crippen molar-refractivity contribution in [1.29, 1.82) is 0 Å². The van der Waals surface area contributed by atoms with Gasteiger partial charge in [0.25, 0.3) is 0 Å². The van der Waals surface area contributed by atoms with Crippen LogP contribution in [0, 0.1) is 0 Å². The lowest BCUT2D eigenvalue weighted by atomic mass is 9.98. The molecule has 0 radical (unpaired) electrons. The molecule has 0 aromatic heterocycles. The molecule has 1 fully saturated rings. The first-order valence-corrected chi connectivity index (χ1v) is 3.64. The highest BCUT2D eigenvalue weighted by molar-refractivity contribution is 4.90. The third-order valence-electron chi connectivity index (χ3n) is 1.95. The number of aliphatic hydroxyl groups is 4. The molecule has 0 amide bonds. The molecule has 1 unspecified atom stereocenters. The molecule has 80 valence electrons. The molecule has 1 aliphatic rings. The zero-order chi connectivity index (χ0) is 9.30. The third kappa shape index (κ3) is 2.35. The van der Waals surface area contributed by atoms with E-state index in [9.17, 15) is 10.2 Å². The topological polar surface area (TPSA) is 148 Å². The van der Waals surface area contributed by atoms with Crippen LogP contribution in [0.1, 0.15) is 0 Å². The lowest BCUT2D eigenvalue weighted by molar-refractivity contribution is -0.248. The maximum atomic E-state index is 9.20. The Morgan fingerprint density at radius 2 is 1.69 bits per heavy atom. The second-order valence-corrected chi connectivity index (χ2v) is 2.81. The van der Waals surface area contributed by atoms with Crippen molar-refractivity contribution in [3.05, 3.63) is 0 Å². The summed E-state index contributed by atoms with van der Waals surface area (Å²) in [5.41, 5.74) is 5.26. The van der Waals surface area contributed by atoms with Gasteiger partial charge >= 0.3 is 0 Å². The normalized spacial score (nSPS) is 45.5. The highest BCUT2D eigenvalue weighted by atomic mass is 16.6. The Morgan fingerprint density at radius 1 is 1.15 bits per heavy atom. The molecule has 0 aromatic rings. The van der Waals surface area contributed by atoms with Crippen LogP contribution < -0.4 is 5.73 Å². The van der Waals surface area contributed by atoms with Gasteiger partial charge in [0, 0.05) is 0 Å². The van der Waals surface area contributed by atoms with Gasteiger partial charge in [-0.25, -0.2) is 0 Å². The Labute approximate surface area is 74.7 Å². The number of hydrogen-bond acceptors (Lipinski definition) is 6. The van der Waals surface area contributed by atoms with Crippen LogP contribution in [0.2, 0.25) is 0 Å². The van der Waals surface area contributed by atoms with Crippen molar-refractivity contribution < 1.29 is 30.6 Å². The molecule has 8 N–H and O–H groups in total. The minimum Gasteiger partial charge on any atom is -0.412 e. The van der Waals surface area contributed by atoms with Gasteiger partial charge < -0.3 is 36.4 Å². The Kier molecular flexibility index (Phi) is 4.71. The van der Waals surface area contributed by atoms with E-state index in [0.29, 0.717) is 0 Å². The summed E-state index contributed by atoms with van der Waals surface area (Å²) in [4.78, 5) is 0. The van der Waals surface area contributed by atoms with E-state index in [0.717, 1.165) is 0 Å². The lowest BCUT2D eigenvalue weighted by Crippen LogP contribution is -2.61. The molecule has 1 heterocycles. The van der Waals surface area contributed by atoms with Crippen molar-refractivity contribution in [2.24, 2.45) is 5.73 Å². The maximum absolute atomic E-state index is 9.20. The lowest BCUT2D eigenvalue weighted by Gasteiger charge is -2.38. The minimum absolute atomic E-state index is 0. The van der Waals surface area contributed by atoms with E-state index in [4.69, 9.17) is 20.7 Å². The fraction of sp³-hybridized carbons (Fsp3) is 1.00. The summed E-state index contributed by atoms with van der Waals surface area (Å²) in [7, 11) is 0. The summed E-state index contributed by atoms with van der Waals surface area (Å²) in [6.45, 7) is -0.470. The Morgan fingerprint density at radius 3 is 2.15 bits per heavy atom. The Balaban J connectivity index is 0.00000144. The fourth-order valence-corrected chi connectivity index (χ4v) is 1.12. The van der Waals surface area contributed by atoms with E-state index in [2.05, 4.69) is 0 Å².